The molecule has 0 saturated heterocycles. The van der Waals surface area contributed by atoms with Gasteiger partial charge in [0.25, 0.3) is 0 Å². The molecule has 1 heterocycles. The zero-order valence-corrected chi connectivity index (χ0v) is 11.7. The fourth-order valence-corrected chi connectivity index (χ4v) is 4.13. The van der Waals surface area contributed by atoms with Crippen LogP contribution in [-0.4, -0.2) is 0 Å². The first-order chi connectivity index (χ1) is 7.76. The van der Waals surface area contributed by atoms with Gasteiger partial charge in [-0.3, -0.25) is 0 Å². The van der Waals surface area contributed by atoms with Gasteiger partial charge in [-0.25, -0.2) is 0 Å². The number of thiophene rings is 1. The quantitative estimate of drug-likeness (QED) is 0.711. The fraction of sp³-hybridized carbons (Fsp3) is 0.615. The van der Waals surface area contributed by atoms with Gasteiger partial charge in [0.2, 0.25) is 0 Å². The van der Waals surface area contributed by atoms with E-state index in [-0.39, 0.29) is 5.41 Å². The van der Waals surface area contributed by atoms with E-state index in [1.54, 1.807) is 11.3 Å². The van der Waals surface area contributed by atoms with Crippen molar-refractivity contribution in [2.24, 2.45) is 5.41 Å². The summed E-state index contributed by atoms with van der Waals surface area (Å²) in [5.41, 5.74) is -0.0934. The normalized spacial score (nSPS) is 20.0. The molecule has 0 atom stereocenters. The Balaban J connectivity index is 2.15. The Labute approximate surface area is 110 Å². The molecular formula is C13H16BrNS. The molecule has 0 unspecified atom stereocenters. The van der Waals surface area contributed by atoms with E-state index in [4.69, 9.17) is 0 Å². The van der Waals surface area contributed by atoms with Crippen molar-refractivity contribution in [3.63, 3.8) is 0 Å². The van der Waals surface area contributed by atoms with Crippen LogP contribution >= 0.6 is 27.3 Å². The highest BCUT2D eigenvalue weighted by atomic mass is 79.9. The molecule has 2 rings (SSSR count). The molecule has 0 aromatic carbocycles. The van der Waals surface area contributed by atoms with Crippen LogP contribution in [0.3, 0.4) is 0 Å². The van der Waals surface area contributed by atoms with Crippen molar-refractivity contribution >= 4 is 27.3 Å². The van der Waals surface area contributed by atoms with Gasteiger partial charge in [0.15, 0.2) is 0 Å². The first kappa shape index (κ1) is 12.1. The molecule has 3 heteroatoms. The highest BCUT2D eigenvalue weighted by Gasteiger charge is 2.32. The van der Waals surface area contributed by atoms with Gasteiger partial charge in [-0.2, -0.15) is 5.26 Å². The van der Waals surface area contributed by atoms with Gasteiger partial charge in [0.1, 0.15) is 0 Å². The Morgan fingerprint density at radius 3 is 2.50 bits per heavy atom. The third-order valence-electron chi connectivity index (χ3n) is 3.49. The van der Waals surface area contributed by atoms with E-state index in [0.717, 1.165) is 19.3 Å². The minimum Gasteiger partial charge on any atom is -0.198 e. The van der Waals surface area contributed by atoms with E-state index >= 15 is 0 Å². The summed E-state index contributed by atoms with van der Waals surface area (Å²) in [5, 5.41) is 11.6. The Hall–Kier alpha value is -0.330. The maximum atomic E-state index is 9.50. The topological polar surface area (TPSA) is 23.8 Å². The van der Waals surface area contributed by atoms with Crippen LogP contribution in [0.1, 0.15) is 43.4 Å². The average Bonchev–Trinajstić information content (AvgIpc) is 2.56. The van der Waals surface area contributed by atoms with Crippen molar-refractivity contribution < 1.29 is 0 Å². The van der Waals surface area contributed by atoms with Crippen molar-refractivity contribution in [3.8, 4) is 6.07 Å². The minimum atomic E-state index is -0.0934. The fourth-order valence-electron chi connectivity index (χ4n) is 2.49. The number of rotatable bonds is 2. The van der Waals surface area contributed by atoms with Gasteiger partial charge >= 0.3 is 0 Å². The van der Waals surface area contributed by atoms with Crippen molar-refractivity contribution in [2.75, 3.05) is 0 Å². The third-order valence-corrected chi connectivity index (χ3v) is 5.41. The van der Waals surface area contributed by atoms with Gasteiger partial charge < -0.3 is 0 Å². The smallest absolute Gasteiger partial charge is 0.0693 e. The van der Waals surface area contributed by atoms with E-state index < -0.39 is 0 Å². The molecule has 0 aliphatic heterocycles. The predicted molar refractivity (Wildman–Crippen MR) is 71.5 cm³/mol. The summed E-state index contributed by atoms with van der Waals surface area (Å²) in [6.45, 7) is 0. The molecule has 1 aromatic rings. The van der Waals surface area contributed by atoms with Crippen LogP contribution in [0.4, 0.5) is 0 Å². The van der Waals surface area contributed by atoms with Crippen molar-refractivity contribution in [3.05, 3.63) is 20.8 Å². The molecule has 1 fully saturated rings. The van der Waals surface area contributed by atoms with Gasteiger partial charge in [0, 0.05) is 15.8 Å². The zero-order valence-electron chi connectivity index (χ0n) is 9.34. The summed E-state index contributed by atoms with van der Waals surface area (Å²) in [4.78, 5) is 1.34. The monoisotopic (exact) mass is 297 g/mol. The second kappa shape index (κ2) is 5.33. The van der Waals surface area contributed by atoms with Crippen LogP contribution < -0.4 is 0 Å². The van der Waals surface area contributed by atoms with Crippen molar-refractivity contribution in [2.45, 2.75) is 44.9 Å². The van der Waals surface area contributed by atoms with Crippen LogP contribution in [0.15, 0.2) is 15.9 Å². The highest BCUT2D eigenvalue weighted by molar-refractivity contribution is 9.10. The average molecular weight is 298 g/mol. The first-order valence-electron chi connectivity index (χ1n) is 5.89. The van der Waals surface area contributed by atoms with Crippen LogP contribution in [0, 0.1) is 16.7 Å². The molecule has 86 valence electrons. The zero-order chi connectivity index (χ0) is 11.4. The number of halogens is 1. The van der Waals surface area contributed by atoms with E-state index in [9.17, 15) is 5.26 Å². The lowest BCUT2D eigenvalue weighted by Gasteiger charge is -2.24. The molecular weight excluding hydrogens is 282 g/mol. The molecule has 1 aliphatic rings. The standard InChI is InChI=1S/C13H16BrNS/c14-11-5-8-16-12(11)9-13(10-15)6-3-1-2-4-7-13/h5,8H,1-4,6-7,9H2. The summed E-state index contributed by atoms with van der Waals surface area (Å²) in [6, 6.07) is 4.69. The molecule has 0 spiro atoms. The summed E-state index contributed by atoms with van der Waals surface area (Å²) in [6.07, 6.45) is 8.13. The minimum absolute atomic E-state index is 0.0934. The maximum Gasteiger partial charge on any atom is 0.0693 e. The lowest BCUT2D eigenvalue weighted by molar-refractivity contribution is 0.341. The lowest BCUT2D eigenvalue weighted by Crippen LogP contribution is -2.20. The first-order valence-corrected chi connectivity index (χ1v) is 7.56. The molecule has 1 saturated carbocycles. The molecule has 1 aromatic heterocycles. The Morgan fingerprint density at radius 1 is 1.31 bits per heavy atom. The molecule has 16 heavy (non-hydrogen) atoms. The molecule has 0 N–H and O–H groups in total. The summed E-state index contributed by atoms with van der Waals surface area (Å²) in [7, 11) is 0. The van der Waals surface area contributed by atoms with Gasteiger partial charge in [-0.15, -0.1) is 11.3 Å². The molecule has 0 bridgehead atoms. The van der Waals surface area contributed by atoms with Crippen LogP contribution in [0.5, 0.6) is 0 Å². The lowest BCUT2D eigenvalue weighted by atomic mass is 9.78. The van der Waals surface area contributed by atoms with Crippen LogP contribution in [-0.2, 0) is 6.42 Å². The summed E-state index contributed by atoms with van der Waals surface area (Å²) < 4.78 is 1.18. The second-order valence-electron chi connectivity index (χ2n) is 4.67. The Kier molecular flexibility index (Phi) is 4.05. The van der Waals surface area contributed by atoms with Crippen LogP contribution in [0.25, 0.3) is 0 Å². The Morgan fingerprint density at radius 2 is 2.00 bits per heavy atom. The predicted octanol–water partition coefficient (Wildman–Crippen LogP) is 4.92. The number of hydrogen-bond donors (Lipinski definition) is 0. The molecule has 1 aliphatic carbocycles. The van der Waals surface area contributed by atoms with E-state index in [1.807, 2.05) is 0 Å². The largest absolute Gasteiger partial charge is 0.198 e. The Bertz CT molecular complexity index is 383. The highest BCUT2D eigenvalue weighted by Crippen LogP contribution is 2.40. The van der Waals surface area contributed by atoms with Gasteiger partial charge in [0.05, 0.1) is 11.5 Å². The number of nitrogens with zero attached hydrogens (tertiary/aromatic N) is 1. The van der Waals surface area contributed by atoms with Gasteiger partial charge in [-0.05, 0) is 40.2 Å². The van der Waals surface area contributed by atoms with Crippen molar-refractivity contribution in [1.82, 2.24) is 0 Å². The number of hydrogen-bond acceptors (Lipinski definition) is 2. The maximum absolute atomic E-state index is 9.50. The van der Waals surface area contributed by atoms with E-state index in [0.29, 0.717) is 0 Å². The summed E-state index contributed by atoms with van der Waals surface area (Å²) >= 11 is 5.33. The number of nitriles is 1. The van der Waals surface area contributed by atoms with Gasteiger partial charge in [-0.1, -0.05) is 25.7 Å². The SMILES string of the molecule is N#CC1(Cc2sccc2Br)CCCCCC1. The van der Waals surface area contributed by atoms with E-state index in [1.165, 1.54) is 35.0 Å². The third kappa shape index (κ3) is 2.67. The molecule has 1 nitrogen and oxygen atoms in total. The van der Waals surface area contributed by atoms with Crippen LogP contribution in [0.2, 0.25) is 0 Å². The summed E-state index contributed by atoms with van der Waals surface area (Å²) in [5.74, 6) is 0. The second-order valence-corrected chi connectivity index (χ2v) is 6.53. The molecule has 0 amide bonds. The van der Waals surface area contributed by atoms with Crippen molar-refractivity contribution in [1.29, 1.82) is 5.26 Å². The molecule has 0 radical (unpaired) electrons. The van der Waals surface area contributed by atoms with E-state index in [2.05, 4.69) is 33.4 Å².